The summed E-state index contributed by atoms with van der Waals surface area (Å²) in [4.78, 5) is 27.0. The summed E-state index contributed by atoms with van der Waals surface area (Å²) in [6.45, 7) is 2.82. The summed E-state index contributed by atoms with van der Waals surface area (Å²) in [7, 11) is 0. The summed E-state index contributed by atoms with van der Waals surface area (Å²) < 4.78 is 11.1. The van der Waals surface area contributed by atoms with Crippen LogP contribution in [0.3, 0.4) is 0 Å². The molecule has 0 saturated carbocycles. The van der Waals surface area contributed by atoms with Crippen molar-refractivity contribution < 1.29 is 14.3 Å². The molecule has 0 spiro atoms. The van der Waals surface area contributed by atoms with E-state index in [0.29, 0.717) is 41.1 Å². The van der Waals surface area contributed by atoms with Gasteiger partial charge in [0.25, 0.3) is 5.91 Å². The lowest BCUT2D eigenvalue weighted by molar-refractivity contribution is 0.102. The lowest BCUT2D eigenvalue weighted by Crippen LogP contribution is -2.21. The minimum Gasteiger partial charge on any atom is -0.490 e. The number of benzene rings is 1. The summed E-state index contributed by atoms with van der Waals surface area (Å²) in [5, 5.41) is 2.94. The van der Waals surface area contributed by atoms with Gasteiger partial charge in [0.15, 0.2) is 16.9 Å². The molecule has 0 atom stereocenters. The number of hydrogen-bond acceptors (Lipinski definition) is 4. The molecular weight excluding hydrogens is 320 g/mol. The van der Waals surface area contributed by atoms with Crippen molar-refractivity contribution in [2.45, 2.75) is 13.3 Å². The quantitative estimate of drug-likeness (QED) is 0.885. The first-order chi connectivity index (χ1) is 11.0. The molecule has 1 aromatic heterocycles. The highest BCUT2D eigenvalue weighted by Gasteiger charge is 2.17. The molecule has 1 aliphatic rings. The zero-order chi connectivity index (χ0) is 16.4. The molecule has 3 rings (SSSR count). The Kier molecular flexibility index (Phi) is 4.25. The number of aryl methyl sites for hydroxylation is 1. The number of nitrogens with one attached hydrogen (secondary N) is 2. The number of aromatic amines is 1. The van der Waals surface area contributed by atoms with Gasteiger partial charge in [-0.25, -0.2) is 0 Å². The van der Waals surface area contributed by atoms with Gasteiger partial charge in [-0.3, -0.25) is 9.59 Å². The first-order valence-corrected chi connectivity index (χ1v) is 7.52. The third-order valence-electron chi connectivity index (χ3n) is 3.39. The molecule has 120 valence electrons. The van der Waals surface area contributed by atoms with E-state index in [1.54, 1.807) is 19.1 Å². The summed E-state index contributed by atoms with van der Waals surface area (Å²) in [6.07, 6.45) is 2.15. The molecule has 0 radical (unpaired) electrons. The predicted octanol–water partition coefficient (Wildman–Crippen LogP) is 2.75. The van der Waals surface area contributed by atoms with Crippen LogP contribution in [-0.2, 0) is 0 Å². The van der Waals surface area contributed by atoms with Crippen molar-refractivity contribution in [3.63, 3.8) is 0 Å². The highest BCUT2D eigenvalue weighted by Crippen LogP contribution is 2.37. The molecule has 7 heteroatoms. The van der Waals surface area contributed by atoms with Gasteiger partial charge < -0.3 is 19.8 Å². The fraction of sp³-hybridized carbons (Fsp3) is 0.250. The smallest absolute Gasteiger partial charge is 0.261 e. The van der Waals surface area contributed by atoms with Crippen LogP contribution in [0.4, 0.5) is 5.69 Å². The van der Waals surface area contributed by atoms with E-state index in [-0.39, 0.29) is 11.0 Å². The minimum atomic E-state index is -0.539. The zero-order valence-electron chi connectivity index (χ0n) is 12.4. The number of carbonyl (C=O) groups is 1. The normalized spacial score (nSPS) is 13.3. The highest BCUT2D eigenvalue weighted by molar-refractivity contribution is 6.34. The number of hydrogen-bond donors (Lipinski definition) is 2. The monoisotopic (exact) mass is 334 g/mol. The molecule has 0 aliphatic carbocycles. The number of H-pyrrole nitrogens is 1. The van der Waals surface area contributed by atoms with Crippen molar-refractivity contribution >= 4 is 23.2 Å². The summed E-state index contributed by atoms with van der Waals surface area (Å²) in [5.41, 5.74) is 0.698. The summed E-state index contributed by atoms with van der Waals surface area (Å²) in [6, 6.07) is 4.56. The van der Waals surface area contributed by atoms with Crippen LogP contribution in [0, 0.1) is 6.92 Å². The van der Waals surface area contributed by atoms with E-state index in [1.807, 2.05) is 0 Å². The molecule has 2 heterocycles. The van der Waals surface area contributed by atoms with Crippen molar-refractivity contribution in [2.24, 2.45) is 0 Å². The van der Waals surface area contributed by atoms with E-state index in [1.165, 1.54) is 12.3 Å². The Balaban J connectivity index is 1.89. The number of rotatable bonds is 2. The molecule has 1 aliphatic heterocycles. The van der Waals surface area contributed by atoms with Crippen LogP contribution in [0.25, 0.3) is 0 Å². The van der Waals surface area contributed by atoms with Gasteiger partial charge in [0, 0.05) is 36.5 Å². The van der Waals surface area contributed by atoms with Gasteiger partial charge in [-0.15, -0.1) is 0 Å². The maximum Gasteiger partial charge on any atom is 0.261 e. The van der Waals surface area contributed by atoms with Crippen LogP contribution in [0.1, 0.15) is 22.5 Å². The van der Waals surface area contributed by atoms with E-state index in [9.17, 15) is 9.59 Å². The topological polar surface area (TPSA) is 80.4 Å². The van der Waals surface area contributed by atoms with Gasteiger partial charge in [-0.05, 0) is 6.92 Å². The van der Waals surface area contributed by atoms with Gasteiger partial charge in [0.05, 0.1) is 23.9 Å². The van der Waals surface area contributed by atoms with Crippen LogP contribution in [0.5, 0.6) is 11.5 Å². The Morgan fingerprint density at radius 1 is 1.22 bits per heavy atom. The SMILES string of the molecule is Cc1cc(=O)c(C(=O)Nc2cc3c(cc2Cl)OCCCO3)c[nH]1. The first kappa shape index (κ1) is 15.4. The average molecular weight is 335 g/mol. The number of fused-ring (bicyclic) bond motifs is 1. The number of ether oxygens (including phenoxy) is 2. The maximum atomic E-state index is 12.3. The second-order valence-corrected chi connectivity index (χ2v) is 5.58. The number of aromatic nitrogens is 1. The number of halogens is 1. The molecular formula is C16H15ClN2O4. The lowest BCUT2D eigenvalue weighted by Gasteiger charge is -2.12. The van der Waals surface area contributed by atoms with Gasteiger partial charge in [-0.1, -0.05) is 11.6 Å². The molecule has 0 saturated heterocycles. The van der Waals surface area contributed by atoms with Gasteiger partial charge in [0.1, 0.15) is 5.56 Å². The molecule has 0 unspecified atom stereocenters. The van der Waals surface area contributed by atoms with Crippen LogP contribution < -0.4 is 20.2 Å². The van der Waals surface area contributed by atoms with Crippen LogP contribution in [0.2, 0.25) is 5.02 Å². The first-order valence-electron chi connectivity index (χ1n) is 7.14. The molecule has 0 bridgehead atoms. The zero-order valence-corrected chi connectivity index (χ0v) is 13.2. The van der Waals surface area contributed by atoms with Crippen molar-refractivity contribution in [3.05, 3.63) is 50.9 Å². The van der Waals surface area contributed by atoms with E-state index < -0.39 is 5.91 Å². The van der Waals surface area contributed by atoms with Crippen molar-refractivity contribution in [1.82, 2.24) is 4.98 Å². The van der Waals surface area contributed by atoms with Crippen molar-refractivity contribution in [3.8, 4) is 11.5 Å². The Labute approximate surface area is 137 Å². The Hall–Kier alpha value is -2.47. The average Bonchev–Trinajstić information content (AvgIpc) is 2.72. The van der Waals surface area contributed by atoms with Crippen molar-refractivity contribution in [1.29, 1.82) is 0 Å². The second-order valence-electron chi connectivity index (χ2n) is 5.18. The van der Waals surface area contributed by atoms with Crippen LogP contribution >= 0.6 is 11.6 Å². The predicted molar refractivity (Wildman–Crippen MR) is 86.8 cm³/mol. The maximum absolute atomic E-state index is 12.3. The van der Waals surface area contributed by atoms with E-state index in [4.69, 9.17) is 21.1 Å². The molecule has 0 fully saturated rings. The third-order valence-corrected chi connectivity index (χ3v) is 3.70. The molecule has 2 aromatic rings. The standard InChI is InChI=1S/C16H15ClN2O4/c1-9-5-13(20)10(8-18-9)16(21)19-12-7-15-14(6-11(12)17)22-3-2-4-23-15/h5-8H,2-4H2,1H3,(H,18,20)(H,19,21). The van der Waals surface area contributed by atoms with Gasteiger partial charge in [-0.2, -0.15) is 0 Å². The molecule has 23 heavy (non-hydrogen) atoms. The second kappa shape index (κ2) is 6.34. The van der Waals surface area contributed by atoms with Gasteiger partial charge in [0.2, 0.25) is 0 Å². The number of pyridine rings is 1. The van der Waals surface area contributed by atoms with E-state index in [0.717, 1.165) is 6.42 Å². The Bertz CT molecular complexity index is 816. The largest absolute Gasteiger partial charge is 0.490 e. The fourth-order valence-electron chi connectivity index (χ4n) is 2.22. The third kappa shape index (κ3) is 3.32. The summed E-state index contributed by atoms with van der Waals surface area (Å²) in [5.74, 6) is 0.515. The lowest BCUT2D eigenvalue weighted by atomic mass is 10.2. The van der Waals surface area contributed by atoms with Gasteiger partial charge >= 0.3 is 0 Å². The molecule has 1 aromatic carbocycles. The minimum absolute atomic E-state index is 0.0128. The molecule has 1 amide bonds. The number of amides is 1. The fourth-order valence-corrected chi connectivity index (χ4v) is 2.42. The highest BCUT2D eigenvalue weighted by atomic mass is 35.5. The molecule has 6 nitrogen and oxygen atoms in total. The number of carbonyl (C=O) groups excluding carboxylic acids is 1. The number of anilines is 1. The molecule has 2 N–H and O–H groups in total. The van der Waals surface area contributed by atoms with E-state index >= 15 is 0 Å². The Morgan fingerprint density at radius 2 is 1.91 bits per heavy atom. The summed E-state index contributed by atoms with van der Waals surface area (Å²) >= 11 is 6.17. The van der Waals surface area contributed by atoms with Crippen molar-refractivity contribution in [2.75, 3.05) is 18.5 Å². The van der Waals surface area contributed by atoms with E-state index in [2.05, 4.69) is 10.3 Å². The Morgan fingerprint density at radius 3 is 2.61 bits per heavy atom. The van der Waals surface area contributed by atoms with Crippen LogP contribution in [0.15, 0.2) is 29.2 Å². The van der Waals surface area contributed by atoms with Crippen LogP contribution in [-0.4, -0.2) is 24.1 Å².